The molecule has 94 valence electrons. The number of halogens is 1. The van der Waals surface area contributed by atoms with Gasteiger partial charge in [0.2, 0.25) is 0 Å². The highest BCUT2D eigenvalue weighted by atomic mass is 79.9. The Balaban J connectivity index is 2.92. The lowest BCUT2D eigenvalue weighted by Gasteiger charge is -2.14. The van der Waals surface area contributed by atoms with Crippen LogP contribution < -0.4 is 0 Å². The van der Waals surface area contributed by atoms with Gasteiger partial charge in [-0.1, -0.05) is 41.9 Å². The third kappa shape index (κ3) is 4.11. The summed E-state index contributed by atoms with van der Waals surface area (Å²) < 4.78 is 0. The quantitative estimate of drug-likeness (QED) is 0.463. The molecule has 0 aliphatic rings. The molecule has 0 spiro atoms. The molecule has 1 aromatic carbocycles. The van der Waals surface area contributed by atoms with Crippen molar-refractivity contribution in [3.8, 4) is 0 Å². The summed E-state index contributed by atoms with van der Waals surface area (Å²) in [6.45, 7) is 6.23. The van der Waals surface area contributed by atoms with Crippen molar-refractivity contribution in [3.63, 3.8) is 0 Å². The predicted octanol–water partition coefficient (Wildman–Crippen LogP) is 4.26. The maximum absolute atomic E-state index is 11.0. The lowest BCUT2D eigenvalue weighted by molar-refractivity contribution is -0.385. The van der Waals surface area contributed by atoms with E-state index in [0.717, 1.165) is 17.5 Å². The van der Waals surface area contributed by atoms with Gasteiger partial charge < -0.3 is 0 Å². The Kier molecular flexibility index (Phi) is 5.12. The third-order valence-electron chi connectivity index (χ3n) is 2.73. The van der Waals surface area contributed by atoms with Crippen LogP contribution in [-0.4, -0.2) is 9.75 Å². The predicted molar refractivity (Wildman–Crippen MR) is 73.7 cm³/mol. The molecule has 0 aliphatic heterocycles. The lowest BCUT2D eigenvalue weighted by Crippen LogP contribution is -2.09. The maximum Gasteiger partial charge on any atom is 0.272 e. The fraction of sp³-hybridized carbons (Fsp3) is 0.538. The molecule has 17 heavy (non-hydrogen) atoms. The Bertz CT molecular complexity index is 404. The molecule has 4 heteroatoms. The summed E-state index contributed by atoms with van der Waals surface area (Å²) in [5, 5.41) is 11.0. The summed E-state index contributed by atoms with van der Waals surface area (Å²) >= 11 is 3.61. The van der Waals surface area contributed by atoms with Crippen LogP contribution in [0.15, 0.2) is 18.2 Å². The SMILES string of the molecule is Cc1cccc([N+](=O)[O-])c1CC(Br)CC(C)C. The molecular weight excluding hydrogens is 282 g/mol. The van der Waals surface area contributed by atoms with Crippen LogP contribution in [0.4, 0.5) is 5.69 Å². The molecule has 1 atom stereocenters. The van der Waals surface area contributed by atoms with Crippen LogP contribution in [0.25, 0.3) is 0 Å². The summed E-state index contributed by atoms with van der Waals surface area (Å²) in [6, 6.07) is 5.25. The van der Waals surface area contributed by atoms with Gasteiger partial charge >= 0.3 is 0 Å². The van der Waals surface area contributed by atoms with Crippen molar-refractivity contribution in [3.05, 3.63) is 39.4 Å². The van der Waals surface area contributed by atoms with Crippen molar-refractivity contribution < 1.29 is 4.92 Å². The van der Waals surface area contributed by atoms with E-state index in [9.17, 15) is 10.1 Å². The number of rotatable bonds is 5. The van der Waals surface area contributed by atoms with E-state index in [2.05, 4.69) is 29.8 Å². The largest absolute Gasteiger partial charge is 0.272 e. The minimum absolute atomic E-state index is 0.234. The fourth-order valence-corrected chi connectivity index (χ4v) is 3.01. The highest BCUT2D eigenvalue weighted by molar-refractivity contribution is 9.09. The number of nitrogens with zero attached hydrogens (tertiary/aromatic N) is 1. The molecule has 0 fully saturated rings. The molecule has 0 aromatic heterocycles. The monoisotopic (exact) mass is 299 g/mol. The van der Waals surface area contributed by atoms with E-state index in [1.165, 1.54) is 0 Å². The van der Waals surface area contributed by atoms with Crippen molar-refractivity contribution in [2.45, 2.75) is 38.4 Å². The summed E-state index contributed by atoms with van der Waals surface area (Å²) in [6.07, 6.45) is 1.73. The van der Waals surface area contributed by atoms with Gasteiger partial charge in [0.15, 0.2) is 0 Å². The number of nitro benzene ring substituents is 1. The molecule has 0 radical (unpaired) electrons. The van der Waals surface area contributed by atoms with E-state index in [0.29, 0.717) is 17.2 Å². The molecule has 1 aromatic rings. The summed E-state index contributed by atoms with van der Waals surface area (Å²) in [4.78, 5) is 11.0. The topological polar surface area (TPSA) is 43.1 Å². The Hall–Kier alpha value is -0.900. The summed E-state index contributed by atoms with van der Waals surface area (Å²) in [7, 11) is 0. The van der Waals surface area contributed by atoms with Gasteiger partial charge in [0, 0.05) is 16.5 Å². The Labute approximate surface area is 111 Å². The van der Waals surface area contributed by atoms with Crippen molar-refractivity contribution in [2.24, 2.45) is 5.92 Å². The molecule has 0 N–H and O–H groups in total. The number of hydrogen-bond donors (Lipinski definition) is 0. The molecule has 3 nitrogen and oxygen atoms in total. The average Bonchev–Trinajstić information content (AvgIpc) is 2.19. The number of nitro groups is 1. The highest BCUT2D eigenvalue weighted by Crippen LogP contribution is 2.27. The number of hydrogen-bond acceptors (Lipinski definition) is 2. The zero-order valence-electron chi connectivity index (χ0n) is 10.4. The number of benzene rings is 1. The summed E-state index contributed by atoms with van der Waals surface area (Å²) in [5.41, 5.74) is 2.07. The molecule has 1 unspecified atom stereocenters. The lowest BCUT2D eigenvalue weighted by atomic mass is 9.98. The second kappa shape index (κ2) is 6.15. The highest BCUT2D eigenvalue weighted by Gasteiger charge is 2.18. The Morgan fingerprint density at radius 3 is 2.59 bits per heavy atom. The van der Waals surface area contributed by atoms with Gasteiger partial charge in [0.1, 0.15) is 0 Å². The van der Waals surface area contributed by atoms with E-state index in [1.54, 1.807) is 12.1 Å². The smallest absolute Gasteiger partial charge is 0.258 e. The normalized spacial score (nSPS) is 12.8. The summed E-state index contributed by atoms with van der Waals surface area (Å²) in [5.74, 6) is 0.586. The first-order valence-electron chi connectivity index (χ1n) is 5.78. The minimum Gasteiger partial charge on any atom is -0.258 e. The molecule has 0 saturated carbocycles. The van der Waals surface area contributed by atoms with Crippen LogP contribution in [0.3, 0.4) is 0 Å². The molecular formula is C13H18BrNO2. The van der Waals surface area contributed by atoms with E-state index >= 15 is 0 Å². The fourth-order valence-electron chi connectivity index (χ4n) is 1.94. The van der Waals surface area contributed by atoms with E-state index in [4.69, 9.17) is 0 Å². The first-order valence-corrected chi connectivity index (χ1v) is 6.70. The van der Waals surface area contributed by atoms with Crippen molar-refractivity contribution in [1.82, 2.24) is 0 Å². The average molecular weight is 300 g/mol. The molecule has 0 saturated heterocycles. The van der Waals surface area contributed by atoms with Crippen molar-refractivity contribution >= 4 is 21.6 Å². The number of aryl methyl sites for hydroxylation is 1. The van der Waals surface area contributed by atoms with Gasteiger partial charge in [-0.05, 0) is 31.2 Å². The molecule has 0 heterocycles. The van der Waals surface area contributed by atoms with Crippen LogP contribution >= 0.6 is 15.9 Å². The van der Waals surface area contributed by atoms with Gasteiger partial charge in [0.05, 0.1) is 4.92 Å². The van der Waals surface area contributed by atoms with Crippen LogP contribution in [0.1, 0.15) is 31.4 Å². The van der Waals surface area contributed by atoms with Crippen LogP contribution in [0.5, 0.6) is 0 Å². The van der Waals surface area contributed by atoms with Gasteiger partial charge in [-0.25, -0.2) is 0 Å². The standard InChI is InChI=1S/C13H18BrNO2/c1-9(2)7-11(14)8-12-10(3)5-4-6-13(12)15(16)17/h4-6,9,11H,7-8H2,1-3H3. The van der Waals surface area contributed by atoms with Crippen LogP contribution in [0, 0.1) is 23.0 Å². The van der Waals surface area contributed by atoms with E-state index in [1.807, 2.05) is 13.0 Å². The molecule has 1 rings (SSSR count). The number of alkyl halides is 1. The van der Waals surface area contributed by atoms with Crippen molar-refractivity contribution in [1.29, 1.82) is 0 Å². The molecule has 0 aliphatic carbocycles. The molecule has 0 bridgehead atoms. The second-order valence-electron chi connectivity index (χ2n) is 4.76. The van der Waals surface area contributed by atoms with Crippen molar-refractivity contribution in [2.75, 3.05) is 0 Å². The Morgan fingerprint density at radius 2 is 2.06 bits per heavy atom. The third-order valence-corrected chi connectivity index (χ3v) is 3.43. The minimum atomic E-state index is -0.294. The van der Waals surface area contributed by atoms with Gasteiger partial charge in [-0.3, -0.25) is 10.1 Å². The van der Waals surface area contributed by atoms with Gasteiger partial charge in [-0.15, -0.1) is 0 Å². The van der Waals surface area contributed by atoms with Crippen LogP contribution in [-0.2, 0) is 6.42 Å². The zero-order chi connectivity index (χ0) is 13.0. The van der Waals surface area contributed by atoms with E-state index in [-0.39, 0.29) is 10.6 Å². The maximum atomic E-state index is 11.0. The van der Waals surface area contributed by atoms with Gasteiger partial charge in [0.25, 0.3) is 5.69 Å². The molecule has 0 amide bonds. The first kappa shape index (κ1) is 14.2. The Morgan fingerprint density at radius 1 is 1.41 bits per heavy atom. The second-order valence-corrected chi connectivity index (χ2v) is 6.06. The van der Waals surface area contributed by atoms with Gasteiger partial charge in [-0.2, -0.15) is 0 Å². The van der Waals surface area contributed by atoms with E-state index < -0.39 is 0 Å². The zero-order valence-corrected chi connectivity index (χ0v) is 12.0. The van der Waals surface area contributed by atoms with Crippen LogP contribution in [0.2, 0.25) is 0 Å². The first-order chi connectivity index (χ1) is 7.91.